The minimum atomic E-state index is -4.55. The molecule has 1 atom stereocenters. The largest absolute Gasteiger partial charge is 0.418 e. The fourth-order valence-corrected chi connectivity index (χ4v) is 4.52. The maximum Gasteiger partial charge on any atom is 0.418 e. The molecule has 1 unspecified atom stereocenters. The average molecular weight is 570 g/mol. The van der Waals surface area contributed by atoms with Gasteiger partial charge in [-0.05, 0) is 81.2 Å². The lowest BCUT2D eigenvalue weighted by molar-refractivity contribution is -0.137. The highest BCUT2D eigenvalue weighted by molar-refractivity contribution is 9.10. The van der Waals surface area contributed by atoms with Gasteiger partial charge in [0.1, 0.15) is 0 Å². The fourth-order valence-electron chi connectivity index (χ4n) is 4.26. The second-order valence-corrected chi connectivity index (χ2v) is 9.90. The number of carbonyl (C=O) groups excluding carboxylic acids is 1. The first-order valence-electron chi connectivity index (χ1n) is 11.8. The molecule has 1 heterocycles. The zero-order valence-electron chi connectivity index (χ0n) is 20.5. The summed E-state index contributed by atoms with van der Waals surface area (Å²) in [6.45, 7) is 0.624. The molecule has 1 aromatic heterocycles. The lowest BCUT2D eigenvalue weighted by Crippen LogP contribution is -2.32. The van der Waals surface area contributed by atoms with Crippen molar-refractivity contribution in [2.75, 3.05) is 20.6 Å². The predicted octanol–water partition coefficient (Wildman–Crippen LogP) is 7.35. The van der Waals surface area contributed by atoms with Crippen molar-refractivity contribution in [2.24, 2.45) is 0 Å². The van der Waals surface area contributed by atoms with Gasteiger partial charge in [0.25, 0.3) is 5.91 Å². The van der Waals surface area contributed by atoms with E-state index in [9.17, 15) is 18.0 Å². The number of nitrogens with one attached hydrogen (secondary N) is 1. The monoisotopic (exact) mass is 569 g/mol. The Hall–Kier alpha value is -3.36. The number of carbonyl (C=O) groups is 1. The summed E-state index contributed by atoms with van der Waals surface area (Å²) in [5.41, 5.74) is 1.68. The van der Waals surface area contributed by atoms with Crippen LogP contribution in [0.3, 0.4) is 0 Å². The molecule has 0 aliphatic heterocycles. The maximum absolute atomic E-state index is 14.1. The highest BCUT2D eigenvalue weighted by Crippen LogP contribution is 2.38. The van der Waals surface area contributed by atoms with Gasteiger partial charge in [-0.15, -0.1) is 0 Å². The van der Waals surface area contributed by atoms with Crippen LogP contribution in [-0.4, -0.2) is 36.0 Å². The van der Waals surface area contributed by atoms with Gasteiger partial charge < -0.3 is 14.8 Å². The number of benzene rings is 3. The Morgan fingerprint density at radius 1 is 0.919 bits per heavy atom. The molecule has 8 heteroatoms. The van der Waals surface area contributed by atoms with Gasteiger partial charge >= 0.3 is 6.18 Å². The summed E-state index contributed by atoms with van der Waals surface area (Å²) in [6, 6.07) is 24.8. The third-order valence-corrected chi connectivity index (χ3v) is 6.59. The normalized spacial score (nSPS) is 12.5. The van der Waals surface area contributed by atoms with Crippen LogP contribution in [0.5, 0.6) is 0 Å². The van der Waals surface area contributed by atoms with Crippen LogP contribution in [0, 0.1) is 0 Å². The Balaban J connectivity index is 1.89. The Bertz CT molecular complexity index is 1350. The molecular formula is C29H27BrF3N3O. The minimum absolute atomic E-state index is 0.0109. The number of para-hydroxylation sites is 1. The molecular weight excluding hydrogens is 543 g/mol. The van der Waals surface area contributed by atoms with Gasteiger partial charge in [-0.3, -0.25) is 4.79 Å². The SMILES string of the molecule is CN(C)CCC(NC(=O)c1ccccc1)c1ccc(-c2ccc(Br)cc2)n1-c1ccccc1C(F)(F)F. The summed E-state index contributed by atoms with van der Waals surface area (Å²) in [4.78, 5) is 15.1. The number of alkyl halides is 3. The molecule has 4 nitrogen and oxygen atoms in total. The molecule has 0 saturated carbocycles. The maximum atomic E-state index is 14.1. The molecule has 192 valence electrons. The summed E-state index contributed by atoms with van der Waals surface area (Å²) in [5.74, 6) is -0.286. The topological polar surface area (TPSA) is 37.3 Å². The molecule has 0 spiro atoms. The van der Waals surface area contributed by atoms with E-state index >= 15 is 0 Å². The number of halogens is 4. The number of aromatic nitrogens is 1. The first-order chi connectivity index (χ1) is 17.6. The molecule has 0 aliphatic carbocycles. The Labute approximate surface area is 222 Å². The lowest BCUT2D eigenvalue weighted by atomic mass is 10.1. The van der Waals surface area contributed by atoms with Crippen LogP contribution in [0.15, 0.2) is 95.5 Å². The van der Waals surface area contributed by atoms with Crippen molar-refractivity contribution in [3.8, 4) is 16.9 Å². The molecule has 4 aromatic rings. The molecule has 0 radical (unpaired) electrons. The number of hydrogen-bond acceptors (Lipinski definition) is 2. The number of amides is 1. The van der Waals surface area contributed by atoms with E-state index in [1.807, 2.05) is 55.4 Å². The third-order valence-electron chi connectivity index (χ3n) is 6.06. The van der Waals surface area contributed by atoms with Crippen molar-refractivity contribution in [2.45, 2.75) is 18.6 Å². The zero-order valence-corrected chi connectivity index (χ0v) is 22.1. The van der Waals surface area contributed by atoms with Gasteiger partial charge in [-0.1, -0.05) is 58.4 Å². The zero-order chi connectivity index (χ0) is 26.6. The van der Waals surface area contributed by atoms with E-state index in [4.69, 9.17) is 0 Å². The lowest BCUT2D eigenvalue weighted by Gasteiger charge is -2.25. The molecule has 37 heavy (non-hydrogen) atoms. The van der Waals surface area contributed by atoms with Crippen LogP contribution in [0.25, 0.3) is 16.9 Å². The molecule has 1 amide bonds. The van der Waals surface area contributed by atoms with E-state index in [1.165, 1.54) is 12.1 Å². The van der Waals surface area contributed by atoms with Gasteiger partial charge in [0.15, 0.2) is 0 Å². The molecule has 0 aliphatic rings. The molecule has 1 N–H and O–H groups in total. The van der Waals surface area contributed by atoms with Crippen molar-refractivity contribution in [1.82, 2.24) is 14.8 Å². The highest BCUT2D eigenvalue weighted by Gasteiger charge is 2.35. The number of rotatable bonds is 8. The van der Waals surface area contributed by atoms with Crippen molar-refractivity contribution < 1.29 is 18.0 Å². The van der Waals surface area contributed by atoms with E-state index in [1.54, 1.807) is 41.0 Å². The van der Waals surface area contributed by atoms with Crippen LogP contribution < -0.4 is 5.32 Å². The van der Waals surface area contributed by atoms with Gasteiger partial charge in [-0.25, -0.2) is 0 Å². The molecule has 0 fully saturated rings. The molecule has 0 saturated heterocycles. The van der Waals surface area contributed by atoms with Crippen LogP contribution in [0.1, 0.15) is 34.1 Å². The van der Waals surface area contributed by atoms with Crippen molar-refractivity contribution in [3.05, 3.63) is 112 Å². The molecule has 4 rings (SSSR count). The number of nitrogens with zero attached hydrogens (tertiary/aromatic N) is 2. The smallest absolute Gasteiger partial charge is 0.344 e. The van der Waals surface area contributed by atoms with Gasteiger partial charge in [0.05, 0.1) is 23.0 Å². The Morgan fingerprint density at radius 2 is 1.57 bits per heavy atom. The van der Waals surface area contributed by atoms with E-state index in [-0.39, 0.29) is 11.6 Å². The summed E-state index contributed by atoms with van der Waals surface area (Å²) >= 11 is 3.42. The van der Waals surface area contributed by atoms with E-state index in [0.29, 0.717) is 29.9 Å². The second kappa shape index (κ2) is 11.4. The highest BCUT2D eigenvalue weighted by atomic mass is 79.9. The molecule has 3 aromatic carbocycles. The van der Waals surface area contributed by atoms with Crippen LogP contribution in [-0.2, 0) is 6.18 Å². The standard InChI is InChI=1S/C29H27BrF3N3O/c1-35(2)19-18-24(34-28(37)21-8-4-3-5-9-21)27-17-16-25(20-12-14-22(30)15-13-20)36(27)26-11-7-6-10-23(26)29(31,32)33/h3-17,24H,18-19H2,1-2H3,(H,34,37). The van der Waals surface area contributed by atoms with Crippen molar-refractivity contribution >= 4 is 21.8 Å². The Morgan fingerprint density at radius 3 is 2.22 bits per heavy atom. The van der Waals surface area contributed by atoms with E-state index < -0.39 is 17.8 Å². The minimum Gasteiger partial charge on any atom is -0.344 e. The van der Waals surface area contributed by atoms with Gasteiger partial charge in [0.2, 0.25) is 0 Å². The van der Waals surface area contributed by atoms with E-state index in [2.05, 4.69) is 21.2 Å². The summed E-state index contributed by atoms with van der Waals surface area (Å²) in [6.07, 6.45) is -4.05. The summed E-state index contributed by atoms with van der Waals surface area (Å²) in [5, 5.41) is 3.07. The van der Waals surface area contributed by atoms with Crippen LogP contribution in [0.4, 0.5) is 13.2 Å². The first-order valence-corrected chi connectivity index (χ1v) is 12.6. The second-order valence-electron chi connectivity index (χ2n) is 8.98. The summed E-state index contributed by atoms with van der Waals surface area (Å²) < 4.78 is 44.9. The summed E-state index contributed by atoms with van der Waals surface area (Å²) in [7, 11) is 3.84. The predicted molar refractivity (Wildman–Crippen MR) is 144 cm³/mol. The average Bonchev–Trinajstić information content (AvgIpc) is 3.31. The van der Waals surface area contributed by atoms with Crippen LogP contribution in [0.2, 0.25) is 0 Å². The van der Waals surface area contributed by atoms with E-state index in [0.717, 1.165) is 16.1 Å². The fraction of sp³-hybridized carbons (Fsp3) is 0.207. The van der Waals surface area contributed by atoms with Crippen molar-refractivity contribution in [1.29, 1.82) is 0 Å². The third kappa shape index (κ3) is 6.32. The number of hydrogen-bond donors (Lipinski definition) is 1. The quantitative estimate of drug-likeness (QED) is 0.241. The first kappa shape index (κ1) is 26.7. The molecule has 0 bridgehead atoms. The van der Waals surface area contributed by atoms with Gasteiger partial charge in [-0.2, -0.15) is 13.2 Å². The van der Waals surface area contributed by atoms with Gasteiger partial charge in [0, 0.05) is 15.7 Å². The van der Waals surface area contributed by atoms with Crippen LogP contribution >= 0.6 is 15.9 Å². The Kier molecular flexibility index (Phi) is 8.19. The van der Waals surface area contributed by atoms with Crippen molar-refractivity contribution in [3.63, 3.8) is 0 Å².